The molecule has 0 nitrogen and oxygen atoms in total. The molecule has 0 saturated carbocycles. The first kappa shape index (κ1) is 16.5. The predicted octanol–water partition coefficient (Wildman–Crippen LogP) is 5.23. The molecule has 0 aliphatic rings. The molecule has 0 saturated heterocycles. The summed E-state index contributed by atoms with van der Waals surface area (Å²) in [6, 6.07) is 0. The molecule has 0 rings (SSSR count). The van der Waals surface area contributed by atoms with Gasteiger partial charge in [0.25, 0.3) is 0 Å². The maximum Gasteiger partial charge on any atom is -0.0213 e. The molecule has 0 aromatic carbocycles. The lowest BCUT2D eigenvalue weighted by atomic mass is 9.82. The van der Waals surface area contributed by atoms with Crippen LogP contribution in [0.3, 0.4) is 0 Å². The summed E-state index contributed by atoms with van der Waals surface area (Å²) in [4.78, 5) is 0. The van der Waals surface area contributed by atoms with Crippen molar-refractivity contribution in [3.05, 3.63) is 12.2 Å². The van der Waals surface area contributed by atoms with Gasteiger partial charge in [0.05, 0.1) is 0 Å². The van der Waals surface area contributed by atoms with Gasteiger partial charge in [-0.25, -0.2) is 0 Å². The Kier molecular flexibility index (Phi) is 9.81. The molecule has 0 N–H and O–H groups in total. The minimum atomic E-state index is 0. The summed E-state index contributed by atoms with van der Waals surface area (Å²) in [7, 11) is 0. The van der Waals surface area contributed by atoms with E-state index in [4.69, 9.17) is 0 Å². The van der Waals surface area contributed by atoms with Crippen molar-refractivity contribution in [2.24, 2.45) is 11.3 Å². The van der Waals surface area contributed by atoms with E-state index in [9.17, 15) is 0 Å². The highest BCUT2D eigenvalue weighted by Crippen LogP contribution is 2.26. The average Bonchev–Trinajstić information content (AvgIpc) is 2.02. The van der Waals surface area contributed by atoms with Crippen molar-refractivity contribution in [2.45, 2.75) is 60.3 Å². The average molecular weight is 219 g/mol. The second-order valence-corrected chi connectivity index (χ2v) is 5.08. The molecule has 0 aliphatic carbocycles. The third kappa shape index (κ3) is 8.62. The van der Waals surface area contributed by atoms with Gasteiger partial charge in [-0.3, -0.25) is 0 Å². The number of hydrogen-bond acceptors (Lipinski definition) is 0. The first-order chi connectivity index (χ1) is 5.98. The molecule has 0 amide bonds. The molecule has 1 unspecified atom stereocenters. The van der Waals surface area contributed by atoms with Gasteiger partial charge in [-0.15, -0.1) is 12.4 Å². The van der Waals surface area contributed by atoms with Crippen molar-refractivity contribution in [1.29, 1.82) is 0 Å². The lowest BCUT2D eigenvalue weighted by Gasteiger charge is -2.24. The first-order valence-electron chi connectivity index (χ1n) is 5.65. The van der Waals surface area contributed by atoms with Crippen LogP contribution in [0.25, 0.3) is 0 Å². The topological polar surface area (TPSA) is 0 Å². The van der Waals surface area contributed by atoms with Crippen LogP contribution in [0.15, 0.2) is 12.2 Å². The Morgan fingerprint density at radius 2 is 1.71 bits per heavy atom. The van der Waals surface area contributed by atoms with Gasteiger partial charge in [-0.1, -0.05) is 59.6 Å². The Morgan fingerprint density at radius 1 is 1.14 bits per heavy atom. The van der Waals surface area contributed by atoms with E-state index in [0.717, 1.165) is 0 Å². The Morgan fingerprint density at radius 3 is 2.14 bits per heavy atom. The fourth-order valence-electron chi connectivity index (χ4n) is 1.10. The molecule has 0 radical (unpaired) electrons. The second-order valence-electron chi connectivity index (χ2n) is 5.08. The van der Waals surface area contributed by atoms with E-state index in [1.54, 1.807) is 0 Å². The third-order valence-corrected chi connectivity index (χ3v) is 2.77. The molecular weight excluding hydrogens is 192 g/mol. The zero-order valence-corrected chi connectivity index (χ0v) is 11.3. The minimum absolute atomic E-state index is 0. The molecule has 86 valence electrons. The molecule has 0 fully saturated rings. The van der Waals surface area contributed by atoms with E-state index < -0.39 is 0 Å². The summed E-state index contributed by atoms with van der Waals surface area (Å²) in [5.74, 6) is 0.689. The number of unbranched alkanes of at least 4 members (excludes halogenated alkanes) is 3. The summed E-state index contributed by atoms with van der Waals surface area (Å²) in [6.07, 6.45) is 10.0. The highest BCUT2D eigenvalue weighted by molar-refractivity contribution is 5.85. The van der Waals surface area contributed by atoms with Crippen LogP contribution in [-0.2, 0) is 0 Å². The molecule has 0 aromatic heterocycles. The van der Waals surface area contributed by atoms with Gasteiger partial charge in [0.2, 0.25) is 0 Å². The molecule has 0 heterocycles. The van der Waals surface area contributed by atoms with Crippen molar-refractivity contribution in [1.82, 2.24) is 0 Å². The fourth-order valence-corrected chi connectivity index (χ4v) is 1.10. The minimum Gasteiger partial charge on any atom is -0.147 e. The van der Waals surface area contributed by atoms with Crippen molar-refractivity contribution >= 4 is 12.4 Å². The lowest BCUT2D eigenvalue weighted by molar-refractivity contribution is 0.314. The summed E-state index contributed by atoms with van der Waals surface area (Å²) >= 11 is 0. The van der Waals surface area contributed by atoms with E-state index in [1.807, 2.05) is 0 Å². The molecule has 14 heavy (non-hydrogen) atoms. The molecule has 1 heteroatoms. The van der Waals surface area contributed by atoms with Gasteiger partial charge < -0.3 is 0 Å². The van der Waals surface area contributed by atoms with Crippen molar-refractivity contribution in [3.8, 4) is 0 Å². The van der Waals surface area contributed by atoms with Crippen molar-refractivity contribution in [3.63, 3.8) is 0 Å². The van der Waals surface area contributed by atoms with Crippen LogP contribution in [-0.4, -0.2) is 0 Å². The fraction of sp³-hybridized carbons (Fsp3) is 0.846. The Hall–Kier alpha value is 0.0300. The first-order valence-corrected chi connectivity index (χ1v) is 5.65. The highest BCUT2D eigenvalue weighted by atomic mass is 35.5. The van der Waals surface area contributed by atoms with E-state index >= 15 is 0 Å². The maximum atomic E-state index is 2.37. The highest BCUT2D eigenvalue weighted by Gasteiger charge is 2.16. The summed E-state index contributed by atoms with van der Waals surface area (Å²) in [6.45, 7) is 11.5. The lowest BCUT2D eigenvalue weighted by Crippen LogP contribution is -2.14. The molecule has 1 atom stereocenters. The van der Waals surface area contributed by atoms with Gasteiger partial charge in [-0.05, 0) is 24.2 Å². The number of allylic oxidation sites excluding steroid dienone is 2. The quantitative estimate of drug-likeness (QED) is 0.438. The SMILES string of the molecule is CCCCCC=CC(C)C(C)(C)C.Cl. The largest absolute Gasteiger partial charge is 0.147 e. The third-order valence-electron chi connectivity index (χ3n) is 2.77. The van der Waals surface area contributed by atoms with Gasteiger partial charge >= 0.3 is 0 Å². The van der Waals surface area contributed by atoms with Crippen LogP contribution >= 0.6 is 12.4 Å². The second kappa shape index (κ2) is 8.35. The molecule has 0 bridgehead atoms. The van der Waals surface area contributed by atoms with Crippen LogP contribution in [0.5, 0.6) is 0 Å². The maximum absolute atomic E-state index is 2.37. The Bertz CT molecular complexity index is 142. The molecule has 0 aliphatic heterocycles. The number of hydrogen-bond donors (Lipinski definition) is 0. The zero-order chi connectivity index (χ0) is 10.3. The van der Waals surface area contributed by atoms with Crippen LogP contribution in [0.4, 0.5) is 0 Å². The van der Waals surface area contributed by atoms with Gasteiger partial charge in [-0.2, -0.15) is 0 Å². The summed E-state index contributed by atoms with van der Waals surface area (Å²) < 4.78 is 0. The predicted molar refractivity (Wildman–Crippen MR) is 69.1 cm³/mol. The van der Waals surface area contributed by atoms with Crippen LogP contribution in [0, 0.1) is 11.3 Å². The van der Waals surface area contributed by atoms with Crippen LogP contribution < -0.4 is 0 Å². The monoisotopic (exact) mass is 218 g/mol. The van der Waals surface area contributed by atoms with Gasteiger partial charge in [0, 0.05) is 0 Å². The Labute approximate surface area is 96.6 Å². The Balaban J connectivity index is 0. The standard InChI is InChI=1S/C13H26.ClH/c1-6-7-8-9-10-11-12(2)13(3,4)5;/h10-12H,6-9H2,1-5H3;1H. The summed E-state index contributed by atoms with van der Waals surface area (Å²) in [5.41, 5.74) is 0.418. The summed E-state index contributed by atoms with van der Waals surface area (Å²) in [5, 5.41) is 0. The zero-order valence-electron chi connectivity index (χ0n) is 10.5. The van der Waals surface area contributed by atoms with Gasteiger partial charge in [0.15, 0.2) is 0 Å². The molecule has 0 spiro atoms. The van der Waals surface area contributed by atoms with E-state index in [1.165, 1.54) is 25.7 Å². The number of rotatable bonds is 5. The smallest absolute Gasteiger partial charge is 0.0213 e. The van der Waals surface area contributed by atoms with Crippen LogP contribution in [0.1, 0.15) is 60.3 Å². The van der Waals surface area contributed by atoms with E-state index in [2.05, 4.69) is 46.8 Å². The van der Waals surface area contributed by atoms with Crippen molar-refractivity contribution in [2.75, 3.05) is 0 Å². The van der Waals surface area contributed by atoms with Crippen molar-refractivity contribution < 1.29 is 0 Å². The van der Waals surface area contributed by atoms with E-state index in [-0.39, 0.29) is 12.4 Å². The van der Waals surface area contributed by atoms with E-state index in [0.29, 0.717) is 11.3 Å². The molecule has 0 aromatic rings. The van der Waals surface area contributed by atoms with Crippen LogP contribution in [0.2, 0.25) is 0 Å². The van der Waals surface area contributed by atoms with Gasteiger partial charge in [0.1, 0.15) is 0 Å². The molecular formula is C13H27Cl. The number of halogens is 1. The normalized spacial score (nSPS) is 14.1.